The van der Waals surface area contributed by atoms with Gasteiger partial charge in [-0.25, -0.2) is 19.2 Å². The molecule has 34 nitrogen and oxygen atoms in total. The molecule has 0 aliphatic carbocycles. The van der Waals surface area contributed by atoms with Crippen LogP contribution in [0.1, 0.15) is 227 Å². The molecule has 17 heterocycles. The summed E-state index contributed by atoms with van der Waals surface area (Å²) in [4.78, 5) is 151. The first-order valence-corrected chi connectivity index (χ1v) is 50.5. The van der Waals surface area contributed by atoms with Gasteiger partial charge in [0.25, 0.3) is 33.4 Å². The fourth-order valence-electron chi connectivity index (χ4n) is 19.9. The van der Waals surface area contributed by atoms with Crippen LogP contribution in [0.2, 0.25) is 0 Å². The van der Waals surface area contributed by atoms with Crippen LogP contribution < -0.4 is 38.0 Å². The van der Waals surface area contributed by atoms with Crippen molar-refractivity contribution in [2.45, 2.75) is 210 Å². The summed E-state index contributed by atoms with van der Waals surface area (Å²) >= 11 is 0. The molecule has 143 heavy (non-hydrogen) atoms. The molecule has 1 unspecified atom stereocenters. The lowest BCUT2D eigenvalue weighted by Crippen LogP contribution is -2.41. The van der Waals surface area contributed by atoms with Crippen molar-refractivity contribution >= 4 is 23.9 Å². The molecule has 17 rings (SSSR count). The molecule has 10 N–H and O–H groups in total. The Balaban J connectivity index is 0.000000153. The Hall–Kier alpha value is -13.1. The average molecular weight is 1960 g/mol. The van der Waals surface area contributed by atoms with Gasteiger partial charge in [0.15, 0.2) is 7.05 Å². The van der Waals surface area contributed by atoms with E-state index in [0.29, 0.717) is 48.8 Å². The zero-order chi connectivity index (χ0) is 103. The summed E-state index contributed by atoms with van der Waals surface area (Å²) in [5.41, 5.74) is 20.8. The molecule has 0 bridgehead atoms. The van der Waals surface area contributed by atoms with Crippen LogP contribution >= 0.6 is 0 Å². The number of likely N-dealkylation sites (N-methyl/N-ethyl adjacent to an activating group) is 1. The molecule has 12 aromatic heterocycles. The highest BCUT2D eigenvalue weighted by Gasteiger charge is 2.29. The number of likely N-dealkylation sites (tertiary alicyclic amines) is 5. The molecule has 0 aromatic carbocycles. The molecule has 5 fully saturated rings. The number of rotatable bonds is 29. The van der Waals surface area contributed by atoms with E-state index in [1.54, 1.807) is 0 Å². The van der Waals surface area contributed by atoms with E-state index in [4.69, 9.17) is 20.4 Å². The second-order valence-corrected chi connectivity index (χ2v) is 39.0. The smallest absolute Gasteiger partial charge is 0.341 e. The Morgan fingerprint density at radius 3 is 1.00 bits per heavy atom. The number of carbonyl (C=O) groups is 4. The zero-order valence-electron chi connectivity index (χ0n) is 86.9. The number of aromatic amines is 6. The summed E-state index contributed by atoms with van der Waals surface area (Å²) in [6.45, 7) is 32.5. The van der Waals surface area contributed by atoms with Crippen molar-refractivity contribution in [3.05, 3.63) is 267 Å². The van der Waals surface area contributed by atoms with E-state index in [2.05, 4.69) is 166 Å². The lowest BCUT2D eigenvalue weighted by Gasteiger charge is -2.26. The third-order valence-corrected chi connectivity index (χ3v) is 28.6. The molecule has 0 amide bonds. The number of pyridine rings is 6. The minimum atomic E-state index is -1.21. The van der Waals surface area contributed by atoms with Gasteiger partial charge in [0, 0.05) is 152 Å². The van der Waals surface area contributed by atoms with Crippen molar-refractivity contribution in [3.63, 3.8) is 0 Å². The number of aryl methyl sites for hydroxylation is 10. The van der Waals surface area contributed by atoms with Crippen LogP contribution in [0, 0.1) is 13.8 Å². The number of nitrogens with zero attached hydrogens (tertiary/aromatic N) is 14. The molecular weight excluding hydrogens is 1810 g/mol. The summed E-state index contributed by atoms with van der Waals surface area (Å²) < 4.78 is 14.7. The highest BCUT2D eigenvalue weighted by molar-refractivity contribution is 5.90. The van der Waals surface area contributed by atoms with E-state index in [0.717, 1.165) is 195 Å². The van der Waals surface area contributed by atoms with Crippen LogP contribution in [0.25, 0.3) is 68.1 Å². The van der Waals surface area contributed by atoms with Crippen LogP contribution in [-0.4, -0.2) is 236 Å². The Morgan fingerprint density at radius 2 is 0.657 bits per heavy atom. The van der Waals surface area contributed by atoms with Crippen molar-refractivity contribution in [3.8, 4) is 68.1 Å². The van der Waals surface area contributed by atoms with Crippen molar-refractivity contribution in [1.82, 2.24) is 91.7 Å². The standard InChI is InChI=1S/C20H30N4O.C19H25N3O3.C19H27N3O.C18H23N3O3.C17H22N4O3.C16H21N3O3/c1-6-15-11-14(2)20(25)21-19(15)18-8-7-17(23(18)5)13-24-10-9-16(12-24)22(3)4;1-3-13-10-16(19(24)25)18(23)20-17(13)14-9-15(21(2)11-14)12-22-7-5-4-6-8-22;1-4-15-12-14(2)19(23)20-18(15)17-9-8-16(21(17)3)13-22-10-6-5-7-11-22;1-3-12-10-14(18(23)24)17(22)19-16(12)15-7-6-13(20(15)2)11-21-8-4-5-9-21;1-3-12-8-14(17(23)24)16(22)18-15(12)13-9-19(2)21(10-13)11-20-6-4-5-7-20;1-5-10-8-12(16(21)22)15(20)17-14(10)13-7-6-11(19(13)4)9-18(2)3/h7-8,11,16H,6,9-10,12-13H2,1-5H3,(H,21,25);9-11H,3-8,12H2,1-2H3,(H,20,23)(H,24,25);8-9,12H,4-7,10-11,13H2,1-3H3,(H,20,23);6-7,10H,3-5,8-9,11H2,1-2H3,(H,19,22)(H,23,24);8-10H,3-7,11H2,1-2H3,(H-,18,22,23,24);6-8H,5,9H2,1-4H3,(H,17,20)(H,21,22)/p+1. The van der Waals surface area contributed by atoms with Crippen molar-refractivity contribution < 1.29 is 44.3 Å². The van der Waals surface area contributed by atoms with Crippen molar-refractivity contribution in [2.24, 2.45) is 42.3 Å². The van der Waals surface area contributed by atoms with Gasteiger partial charge in [-0.2, -0.15) is 0 Å². The predicted molar refractivity (Wildman–Crippen MR) is 561 cm³/mol. The van der Waals surface area contributed by atoms with E-state index in [1.165, 1.54) is 142 Å². The van der Waals surface area contributed by atoms with Gasteiger partial charge in [0.2, 0.25) is 6.20 Å². The van der Waals surface area contributed by atoms with Crippen molar-refractivity contribution in [1.29, 1.82) is 0 Å². The fourth-order valence-corrected chi connectivity index (χ4v) is 19.9. The number of H-pyrrole nitrogens is 6. The first kappa shape index (κ1) is 109. The fraction of sp³-hybridized carbons (Fsp3) is 0.477. The molecule has 5 aliphatic rings. The van der Waals surface area contributed by atoms with E-state index in [9.17, 15) is 47.9 Å². The quantitative estimate of drug-likeness (QED) is 0.0195. The van der Waals surface area contributed by atoms with Gasteiger partial charge in [-0.1, -0.05) is 54.4 Å². The second kappa shape index (κ2) is 49.7. The van der Waals surface area contributed by atoms with Gasteiger partial charge < -0.3 is 83.0 Å². The maximum Gasteiger partial charge on any atom is 0.341 e. The number of carboxylic acids is 4. The van der Waals surface area contributed by atoms with E-state index >= 15 is 0 Å². The minimum Gasteiger partial charge on any atom is -0.477 e. The Kier molecular flexibility index (Phi) is 37.8. The Labute approximate surface area is 836 Å². The first-order chi connectivity index (χ1) is 68.3. The number of aromatic carboxylic acids is 4. The largest absolute Gasteiger partial charge is 0.477 e. The molecule has 34 heteroatoms. The zero-order valence-corrected chi connectivity index (χ0v) is 86.9. The lowest BCUT2D eigenvalue weighted by atomic mass is 10.0. The van der Waals surface area contributed by atoms with Crippen LogP contribution in [0.5, 0.6) is 0 Å². The minimum absolute atomic E-state index is 0.00307. The second-order valence-electron chi connectivity index (χ2n) is 39.0. The van der Waals surface area contributed by atoms with Crippen molar-refractivity contribution in [2.75, 3.05) is 93.6 Å². The van der Waals surface area contributed by atoms with Gasteiger partial charge in [0.05, 0.1) is 68.7 Å². The normalized spacial score (nSPS) is 15.3. The van der Waals surface area contributed by atoms with Crippen LogP contribution in [-0.2, 0) is 120 Å². The molecule has 5 saturated heterocycles. The lowest BCUT2D eigenvalue weighted by molar-refractivity contribution is -0.755. The summed E-state index contributed by atoms with van der Waals surface area (Å²) in [7, 11) is 20.4. The topological polar surface area (TPSA) is 403 Å². The molecule has 0 saturated carbocycles. The summed E-state index contributed by atoms with van der Waals surface area (Å²) in [6, 6.07) is 29.4. The Morgan fingerprint density at radius 1 is 0.357 bits per heavy atom. The predicted octanol–water partition coefficient (Wildman–Crippen LogP) is 13.2. The third kappa shape index (κ3) is 26.9. The number of aromatic nitrogens is 13. The maximum atomic E-state index is 12.1. The van der Waals surface area contributed by atoms with E-state index < -0.39 is 46.1 Å². The molecule has 5 aliphatic heterocycles. The molecule has 768 valence electrons. The Bertz CT molecular complexity index is 6830. The first-order valence-electron chi connectivity index (χ1n) is 50.5. The molecule has 1 atom stereocenters. The van der Waals surface area contributed by atoms with Gasteiger partial charge in [-0.3, -0.25) is 53.3 Å². The SMILES string of the molecule is CCc1cc(C(=O)O)c(=O)[nH]c1-c1cc(CN2CCCCC2)n(C)c1.CCc1cc(C(=O)O)c(=O)[nH]c1-c1ccc(CN(C)C)n1C.CCc1cc(C(=O)O)c(=O)[nH]c1-c1ccc(CN2CCCC2)n1C.CCc1cc(C(=O)O)c(=O)[nH]c1-c1cn(CN2CCCC2)[n+](C)c1.CCc1cc(C)c(=O)[nH]c1-c1ccc(CN2CCC(N(C)C)C2)n1C.CCc1cc(C)c(=O)[nH]c1-c1ccc(CN2CCCCC2)n1C. The van der Waals surface area contributed by atoms with Crippen LogP contribution in [0.3, 0.4) is 0 Å². The van der Waals surface area contributed by atoms with Gasteiger partial charge in [-0.05, 0) is 302 Å². The monoisotopic (exact) mass is 1960 g/mol. The average Bonchev–Trinajstić information content (AvgIpc) is 1.68. The third-order valence-electron chi connectivity index (χ3n) is 28.6. The highest BCUT2D eigenvalue weighted by atomic mass is 16.4. The highest BCUT2D eigenvalue weighted by Crippen LogP contribution is 2.33. The number of carboxylic acid groups (broad SMARTS) is 4. The maximum absolute atomic E-state index is 12.1. The number of nitrogens with one attached hydrogen (secondary N) is 6. The number of piperidine rings is 2. The van der Waals surface area contributed by atoms with E-state index in [-0.39, 0.29) is 33.4 Å². The van der Waals surface area contributed by atoms with E-state index in [1.807, 2.05) is 142 Å². The number of hydrogen-bond donors (Lipinski definition) is 10. The molecule has 0 spiro atoms. The number of hydrogen-bond acceptors (Lipinski definition) is 17. The van der Waals surface area contributed by atoms with Crippen LogP contribution in [0.4, 0.5) is 0 Å². The van der Waals surface area contributed by atoms with Gasteiger partial charge in [-0.15, -0.1) is 9.36 Å². The van der Waals surface area contributed by atoms with Gasteiger partial charge >= 0.3 is 23.9 Å². The molecule has 12 aromatic rings. The summed E-state index contributed by atoms with van der Waals surface area (Å²) in [6.07, 6.45) is 24.4. The summed E-state index contributed by atoms with van der Waals surface area (Å²) in [5, 5.41) is 36.5. The molecule has 0 radical (unpaired) electrons. The van der Waals surface area contributed by atoms with Gasteiger partial charge in [0.1, 0.15) is 28.9 Å². The summed E-state index contributed by atoms with van der Waals surface area (Å²) in [5.74, 6) is -4.79. The van der Waals surface area contributed by atoms with Crippen LogP contribution in [0.15, 0.2) is 138 Å². The molecular formula is C109H149N20O14+.